The number of nitrogens with zero attached hydrogens (tertiary/aromatic N) is 2. The molecular formula is C23H17ClN2O. The molecule has 0 aliphatic heterocycles. The molecule has 0 spiro atoms. The van der Waals surface area contributed by atoms with E-state index in [-0.39, 0.29) is 12.3 Å². The van der Waals surface area contributed by atoms with Crippen molar-refractivity contribution in [1.82, 2.24) is 9.55 Å². The maximum atomic E-state index is 12.7. The van der Waals surface area contributed by atoms with Crippen molar-refractivity contribution in [2.24, 2.45) is 0 Å². The summed E-state index contributed by atoms with van der Waals surface area (Å²) in [5, 5.41) is 0.702. The van der Waals surface area contributed by atoms with Crippen molar-refractivity contribution in [2.75, 3.05) is 0 Å². The number of rotatable bonds is 5. The van der Waals surface area contributed by atoms with Crippen LogP contribution in [0.4, 0.5) is 0 Å². The molecule has 0 radical (unpaired) electrons. The largest absolute Gasteiger partial charge is 0.317 e. The molecule has 3 nitrogen and oxygen atoms in total. The Morgan fingerprint density at radius 2 is 1.59 bits per heavy atom. The first kappa shape index (κ1) is 17.3. The van der Waals surface area contributed by atoms with Crippen LogP contribution in [-0.2, 0) is 6.54 Å². The van der Waals surface area contributed by atoms with Crippen LogP contribution in [0.3, 0.4) is 0 Å². The Kier molecular flexibility index (Phi) is 4.86. The van der Waals surface area contributed by atoms with E-state index in [0.717, 1.165) is 22.4 Å². The third-order valence-electron chi connectivity index (χ3n) is 4.38. The second-order valence-electron chi connectivity index (χ2n) is 6.22. The molecule has 1 aromatic heterocycles. The average Bonchev–Trinajstić information content (AvgIpc) is 3.06. The molecule has 3 aromatic carbocycles. The molecule has 4 heteroatoms. The number of hydrogen-bond acceptors (Lipinski definition) is 2. The maximum Gasteiger partial charge on any atom is 0.182 e. The molecule has 0 N–H and O–H groups in total. The number of hydrogen-bond donors (Lipinski definition) is 0. The van der Waals surface area contributed by atoms with Gasteiger partial charge in [0.05, 0.1) is 17.6 Å². The van der Waals surface area contributed by atoms with Crippen LogP contribution in [0.1, 0.15) is 21.7 Å². The van der Waals surface area contributed by atoms with Crippen LogP contribution in [0.5, 0.6) is 0 Å². The Morgan fingerprint density at radius 3 is 2.37 bits per heavy atom. The molecule has 0 fully saturated rings. The number of ketones is 1. The summed E-state index contributed by atoms with van der Waals surface area (Å²) in [5.74, 6) is 0.801. The number of halogens is 1. The first-order valence-electron chi connectivity index (χ1n) is 8.68. The smallest absolute Gasteiger partial charge is 0.182 e. The molecule has 132 valence electrons. The first-order valence-corrected chi connectivity index (χ1v) is 9.06. The summed E-state index contributed by atoms with van der Waals surface area (Å²) >= 11 is 5.94. The second kappa shape index (κ2) is 7.60. The maximum absolute atomic E-state index is 12.7. The number of aromatic nitrogens is 2. The van der Waals surface area contributed by atoms with E-state index in [1.165, 1.54) is 0 Å². The average molecular weight is 373 g/mol. The van der Waals surface area contributed by atoms with Gasteiger partial charge in [0.1, 0.15) is 5.82 Å². The molecule has 4 aromatic rings. The summed E-state index contributed by atoms with van der Waals surface area (Å²) in [4.78, 5) is 17.4. The van der Waals surface area contributed by atoms with Gasteiger partial charge in [-0.3, -0.25) is 4.79 Å². The van der Waals surface area contributed by atoms with Gasteiger partial charge in [-0.05, 0) is 35.9 Å². The molecule has 0 aliphatic rings. The van der Waals surface area contributed by atoms with E-state index in [9.17, 15) is 4.79 Å². The summed E-state index contributed by atoms with van der Waals surface area (Å²) in [5.41, 5.74) is 3.53. The molecule has 0 atom stereocenters. The predicted molar refractivity (Wildman–Crippen MR) is 111 cm³/mol. The van der Waals surface area contributed by atoms with Crippen LogP contribution < -0.4 is 0 Å². The number of carbonyl (C=O) groups is 1. The summed E-state index contributed by atoms with van der Waals surface area (Å²) in [6.07, 6.45) is 3.91. The monoisotopic (exact) mass is 372 g/mol. The fraction of sp³-hybridized carbons (Fsp3) is 0.0435. The minimum absolute atomic E-state index is 0.0555. The van der Waals surface area contributed by atoms with Gasteiger partial charge >= 0.3 is 0 Å². The number of benzene rings is 3. The fourth-order valence-corrected chi connectivity index (χ4v) is 3.12. The molecular weight excluding hydrogens is 356 g/mol. The van der Waals surface area contributed by atoms with Gasteiger partial charge in [-0.25, -0.2) is 4.98 Å². The van der Waals surface area contributed by atoms with Gasteiger partial charge in [-0.15, -0.1) is 0 Å². The van der Waals surface area contributed by atoms with Crippen LogP contribution in [-0.4, -0.2) is 15.3 Å². The van der Waals surface area contributed by atoms with Crippen molar-refractivity contribution in [1.29, 1.82) is 0 Å². The van der Waals surface area contributed by atoms with Gasteiger partial charge in [-0.2, -0.15) is 0 Å². The van der Waals surface area contributed by atoms with Crippen molar-refractivity contribution in [3.05, 3.63) is 101 Å². The van der Waals surface area contributed by atoms with Crippen LogP contribution in [0.15, 0.2) is 78.9 Å². The van der Waals surface area contributed by atoms with E-state index in [1.807, 2.05) is 95.6 Å². The SMILES string of the molecule is O=C(Cn1c(/C=C/c2ccc(Cl)cc2)nc2ccccc21)c1ccccc1. The molecule has 0 amide bonds. The number of imidazole rings is 1. The second-order valence-corrected chi connectivity index (χ2v) is 6.66. The van der Waals surface area contributed by atoms with Crippen molar-refractivity contribution >= 4 is 40.6 Å². The summed E-state index contributed by atoms with van der Waals surface area (Å²) in [7, 11) is 0. The number of para-hydroxylation sites is 2. The Hall–Kier alpha value is -3.17. The lowest BCUT2D eigenvalue weighted by Crippen LogP contribution is -2.11. The predicted octanol–water partition coefficient (Wildman–Crippen LogP) is 5.74. The third kappa shape index (κ3) is 3.83. The van der Waals surface area contributed by atoms with Crippen molar-refractivity contribution < 1.29 is 4.79 Å². The van der Waals surface area contributed by atoms with Gasteiger partial charge in [0.25, 0.3) is 0 Å². The highest BCUT2D eigenvalue weighted by atomic mass is 35.5. The highest BCUT2D eigenvalue weighted by Crippen LogP contribution is 2.19. The Labute approximate surface area is 162 Å². The zero-order valence-electron chi connectivity index (χ0n) is 14.5. The van der Waals surface area contributed by atoms with E-state index in [4.69, 9.17) is 11.6 Å². The molecule has 27 heavy (non-hydrogen) atoms. The highest BCUT2D eigenvalue weighted by Gasteiger charge is 2.13. The van der Waals surface area contributed by atoms with Gasteiger partial charge < -0.3 is 4.57 Å². The zero-order chi connectivity index (χ0) is 18.6. The van der Waals surface area contributed by atoms with Crippen molar-refractivity contribution in [3.63, 3.8) is 0 Å². The van der Waals surface area contributed by atoms with Gasteiger partial charge in [0.15, 0.2) is 5.78 Å². The Bertz CT molecular complexity index is 1110. The van der Waals surface area contributed by atoms with E-state index in [2.05, 4.69) is 4.98 Å². The lowest BCUT2D eigenvalue weighted by atomic mass is 10.1. The third-order valence-corrected chi connectivity index (χ3v) is 4.63. The lowest BCUT2D eigenvalue weighted by Gasteiger charge is -2.07. The van der Waals surface area contributed by atoms with Gasteiger partial charge in [0, 0.05) is 10.6 Å². The van der Waals surface area contributed by atoms with Gasteiger partial charge in [0.2, 0.25) is 0 Å². The molecule has 1 heterocycles. The normalized spacial score (nSPS) is 11.3. The van der Waals surface area contributed by atoms with Crippen LogP contribution in [0.2, 0.25) is 5.02 Å². The van der Waals surface area contributed by atoms with Crippen LogP contribution >= 0.6 is 11.6 Å². The number of Topliss-reactive ketones (excluding diaryl/α,β-unsaturated/α-hetero) is 1. The minimum atomic E-state index is 0.0555. The molecule has 4 rings (SSSR count). The van der Waals surface area contributed by atoms with E-state index < -0.39 is 0 Å². The number of fused-ring (bicyclic) bond motifs is 1. The van der Waals surface area contributed by atoms with Crippen molar-refractivity contribution in [3.8, 4) is 0 Å². The van der Waals surface area contributed by atoms with Crippen molar-refractivity contribution in [2.45, 2.75) is 6.54 Å². The number of carbonyl (C=O) groups excluding carboxylic acids is 1. The van der Waals surface area contributed by atoms with Gasteiger partial charge in [-0.1, -0.05) is 72.3 Å². The van der Waals surface area contributed by atoms with E-state index in [1.54, 1.807) is 0 Å². The summed E-state index contributed by atoms with van der Waals surface area (Å²) in [6, 6.07) is 24.8. The minimum Gasteiger partial charge on any atom is -0.317 e. The fourth-order valence-electron chi connectivity index (χ4n) is 2.99. The van der Waals surface area contributed by atoms with Crippen LogP contribution in [0.25, 0.3) is 23.2 Å². The Balaban J connectivity index is 1.71. The first-order chi connectivity index (χ1) is 13.2. The Morgan fingerprint density at radius 1 is 0.889 bits per heavy atom. The van der Waals surface area contributed by atoms with E-state index in [0.29, 0.717) is 10.6 Å². The molecule has 0 saturated carbocycles. The molecule has 0 aliphatic carbocycles. The zero-order valence-corrected chi connectivity index (χ0v) is 15.3. The van der Waals surface area contributed by atoms with Crippen LogP contribution in [0, 0.1) is 0 Å². The summed E-state index contributed by atoms with van der Waals surface area (Å²) < 4.78 is 1.96. The molecule has 0 bridgehead atoms. The topological polar surface area (TPSA) is 34.9 Å². The quantitative estimate of drug-likeness (QED) is 0.418. The standard InChI is InChI=1S/C23H17ClN2O/c24-19-13-10-17(11-14-19)12-15-23-25-20-8-4-5-9-21(20)26(23)16-22(27)18-6-2-1-3-7-18/h1-15H,16H2/b15-12+. The summed E-state index contributed by atoms with van der Waals surface area (Å²) in [6.45, 7) is 0.241. The van der Waals surface area contributed by atoms with E-state index >= 15 is 0 Å². The molecule has 0 saturated heterocycles. The lowest BCUT2D eigenvalue weighted by molar-refractivity contribution is 0.0973. The molecule has 0 unspecified atom stereocenters. The highest BCUT2D eigenvalue weighted by molar-refractivity contribution is 6.30.